The number of methoxy groups -OCH3 is 1. The van der Waals surface area contributed by atoms with Crippen LogP contribution in [0.15, 0.2) is 30.6 Å². The lowest BCUT2D eigenvalue weighted by Crippen LogP contribution is -2.32. The highest BCUT2D eigenvalue weighted by Gasteiger charge is 2.38. The Morgan fingerprint density at radius 2 is 2.27 bits per heavy atom. The van der Waals surface area contributed by atoms with E-state index in [1.807, 2.05) is 31.6 Å². The lowest BCUT2D eigenvalue weighted by molar-refractivity contribution is -0.124. The molecule has 1 aromatic heterocycles. The number of hydrogen-bond acceptors (Lipinski definition) is 5. The number of nitriles is 1. The molecule has 1 aliphatic heterocycles. The minimum Gasteiger partial charge on any atom is -0.496 e. The molecule has 7 nitrogen and oxygen atoms in total. The van der Waals surface area contributed by atoms with Crippen molar-refractivity contribution in [3.05, 3.63) is 47.3 Å². The van der Waals surface area contributed by atoms with Crippen molar-refractivity contribution in [3.63, 3.8) is 0 Å². The van der Waals surface area contributed by atoms with E-state index in [4.69, 9.17) is 10.00 Å². The number of ether oxygens (including phenoxy) is 1. The Labute approximate surface area is 153 Å². The molecule has 0 spiro atoms. The largest absolute Gasteiger partial charge is 0.496 e. The molecule has 0 unspecified atom stereocenters. The quantitative estimate of drug-likeness (QED) is 0.875. The number of hydrogen-bond donors (Lipinski definition) is 1. The third kappa shape index (κ3) is 3.55. The van der Waals surface area contributed by atoms with E-state index in [0.717, 1.165) is 23.4 Å². The molecule has 136 valence electrons. The average Bonchev–Trinajstić information content (AvgIpc) is 3.27. The van der Waals surface area contributed by atoms with Crippen LogP contribution in [-0.2, 0) is 18.4 Å². The summed E-state index contributed by atoms with van der Waals surface area (Å²) in [6.45, 7) is 2.03. The molecular weight excluding hydrogens is 330 g/mol. The molecule has 1 amide bonds. The van der Waals surface area contributed by atoms with E-state index in [1.54, 1.807) is 24.9 Å². The predicted molar refractivity (Wildman–Crippen MR) is 96.5 cm³/mol. The number of carbonyl (C=O) groups is 1. The normalized spacial score (nSPS) is 19.9. The SMILES string of the molecule is CNC(=O)[C@H]1CN(Cc2cc(C#N)ccc2OC)C[C@@H]1c1cnn(C)c1. The number of likely N-dealkylation sites (tertiary alicyclic amines) is 1. The van der Waals surface area contributed by atoms with Crippen molar-refractivity contribution in [2.24, 2.45) is 13.0 Å². The zero-order valence-corrected chi connectivity index (χ0v) is 15.3. The minimum atomic E-state index is -0.130. The molecule has 0 aliphatic carbocycles. The molecule has 1 aliphatic rings. The molecule has 0 bridgehead atoms. The summed E-state index contributed by atoms with van der Waals surface area (Å²) in [6.07, 6.45) is 3.81. The summed E-state index contributed by atoms with van der Waals surface area (Å²) in [5.41, 5.74) is 2.63. The molecule has 2 aromatic rings. The van der Waals surface area contributed by atoms with Crippen LogP contribution in [0.1, 0.15) is 22.6 Å². The molecule has 7 heteroatoms. The second-order valence-electron chi connectivity index (χ2n) is 6.61. The van der Waals surface area contributed by atoms with Crippen LogP contribution < -0.4 is 10.1 Å². The van der Waals surface area contributed by atoms with Gasteiger partial charge in [0.15, 0.2) is 0 Å². The van der Waals surface area contributed by atoms with Gasteiger partial charge in [0.05, 0.1) is 30.9 Å². The lowest BCUT2D eigenvalue weighted by Gasteiger charge is -2.18. The number of nitrogens with one attached hydrogen (secondary N) is 1. The van der Waals surface area contributed by atoms with Gasteiger partial charge in [-0.3, -0.25) is 14.4 Å². The van der Waals surface area contributed by atoms with Crippen molar-refractivity contribution in [3.8, 4) is 11.8 Å². The fourth-order valence-electron chi connectivity index (χ4n) is 3.65. The fourth-order valence-corrected chi connectivity index (χ4v) is 3.65. The predicted octanol–water partition coefficient (Wildman–Crippen LogP) is 1.26. The third-order valence-electron chi connectivity index (χ3n) is 4.94. The summed E-state index contributed by atoms with van der Waals surface area (Å²) in [7, 11) is 5.18. The van der Waals surface area contributed by atoms with Gasteiger partial charge in [0.1, 0.15) is 5.75 Å². The second-order valence-corrected chi connectivity index (χ2v) is 6.61. The van der Waals surface area contributed by atoms with E-state index in [1.165, 1.54) is 0 Å². The Balaban J connectivity index is 1.84. The van der Waals surface area contributed by atoms with Crippen molar-refractivity contribution in [2.75, 3.05) is 27.2 Å². The Morgan fingerprint density at radius 1 is 1.46 bits per heavy atom. The molecule has 1 fully saturated rings. The molecule has 1 aromatic carbocycles. The van der Waals surface area contributed by atoms with Gasteiger partial charge in [0.25, 0.3) is 0 Å². The Bertz CT molecular complexity index is 839. The Hall–Kier alpha value is -2.85. The van der Waals surface area contributed by atoms with Gasteiger partial charge in [-0.1, -0.05) is 0 Å². The molecule has 0 saturated carbocycles. The highest BCUT2D eigenvalue weighted by atomic mass is 16.5. The first kappa shape index (κ1) is 18.0. The van der Waals surface area contributed by atoms with Crippen LogP contribution in [-0.4, -0.2) is 47.8 Å². The summed E-state index contributed by atoms with van der Waals surface area (Å²) < 4.78 is 7.20. The first-order chi connectivity index (χ1) is 12.5. The zero-order valence-electron chi connectivity index (χ0n) is 15.3. The first-order valence-electron chi connectivity index (χ1n) is 8.55. The fraction of sp³-hybridized carbons (Fsp3) is 0.421. The van der Waals surface area contributed by atoms with Gasteiger partial charge in [-0.05, 0) is 23.8 Å². The maximum absolute atomic E-state index is 12.4. The maximum Gasteiger partial charge on any atom is 0.224 e. The van der Waals surface area contributed by atoms with E-state index in [2.05, 4.69) is 21.4 Å². The highest BCUT2D eigenvalue weighted by molar-refractivity contribution is 5.80. The van der Waals surface area contributed by atoms with Gasteiger partial charge >= 0.3 is 0 Å². The smallest absolute Gasteiger partial charge is 0.224 e. The molecule has 26 heavy (non-hydrogen) atoms. The molecule has 0 radical (unpaired) electrons. The molecule has 2 heterocycles. The van der Waals surface area contributed by atoms with Gasteiger partial charge in [0, 0.05) is 51.4 Å². The number of aryl methyl sites for hydroxylation is 1. The summed E-state index contributed by atoms with van der Waals surface area (Å²) in [5, 5.41) is 16.2. The first-order valence-corrected chi connectivity index (χ1v) is 8.55. The van der Waals surface area contributed by atoms with Crippen molar-refractivity contribution < 1.29 is 9.53 Å². The molecule has 3 rings (SSSR count). The van der Waals surface area contributed by atoms with E-state index in [-0.39, 0.29) is 17.7 Å². The van der Waals surface area contributed by atoms with Crippen LogP contribution >= 0.6 is 0 Å². The van der Waals surface area contributed by atoms with Crippen LogP contribution in [0.5, 0.6) is 5.75 Å². The summed E-state index contributed by atoms with van der Waals surface area (Å²) >= 11 is 0. The van der Waals surface area contributed by atoms with Crippen LogP contribution in [0.4, 0.5) is 0 Å². The molecular formula is C19H23N5O2. The molecule has 1 saturated heterocycles. The van der Waals surface area contributed by atoms with Crippen molar-refractivity contribution in [2.45, 2.75) is 12.5 Å². The van der Waals surface area contributed by atoms with Gasteiger partial charge < -0.3 is 10.1 Å². The van der Waals surface area contributed by atoms with Gasteiger partial charge in [0.2, 0.25) is 5.91 Å². The van der Waals surface area contributed by atoms with E-state index < -0.39 is 0 Å². The summed E-state index contributed by atoms with van der Waals surface area (Å²) in [4.78, 5) is 14.6. The molecule has 1 N–H and O–H groups in total. The second kappa shape index (κ2) is 7.58. The summed E-state index contributed by atoms with van der Waals surface area (Å²) in [5.74, 6) is 0.757. The van der Waals surface area contributed by atoms with E-state index in [0.29, 0.717) is 18.7 Å². The van der Waals surface area contributed by atoms with Crippen LogP contribution in [0.3, 0.4) is 0 Å². The standard InChI is InChI=1S/C19H23N5O2/c1-21-19(25)17-12-24(11-16(17)15-8-22-23(2)9-15)10-14-6-13(7-20)4-5-18(14)26-3/h4-6,8-9,16-17H,10-12H2,1-3H3,(H,21,25)/t16-,17+/m1/s1. The number of benzene rings is 1. The summed E-state index contributed by atoms with van der Waals surface area (Å²) in [6, 6.07) is 7.59. The van der Waals surface area contributed by atoms with E-state index >= 15 is 0 Å². The third-order valence-corrected chi connectivity index (χ3v) is 4.94. The van der Waals surface area contributed by atoms with Gasteiger partial charge in [-0.15, -0.1) is 0 Å². The average molecular weight is 353 g/mol. The topological polar surface area (TPSA) is 83.2 Å². The molecule has 2 atom stereocenters. The van der Waals surface area contributed by atoms with Crippen LogP contribution in [0, 0.1) is 17.2 Å². The monoisotopic (exact) mass is 353 g/mol. The number of rotatable bonds is 5. The Morgan fingerprint density at radius 3 is 2.88 bits per heavy atom. The van der Waals surface area contributed by atoms with Crippen LogP contribution in [0.25, 0.3) is 0 Å². The van der Waals surface area contributed by atoms with Gasteiger partial charge in [-0.25, -0.2) is 0 Å². The zero-order chi connectivity index (χ0) is 18.7. The number of aromatic nitrogens is 2. The number of nitrogens with zero attached hydrogens (tertiary/aromatic N) is 4. The van der Waals surface area contributed by atoms with Crippen molar-refractivity contribution in [1.82, 2.24) is 20.0 Å². The number of amides is 1. The van der Waals surface area contributed by atoms with Crippen molar-refractivity contribution >= 4 is 5.91 Å². The van der Waals surface area contributed by atoms with E-state index in [9.17, 15) is 4.79 Å². The minimum absolute atomic E-state index is 0.0408. The Kier molecular flexibility index (Phi) is 5.24. The highest BCUT2D eigenvalue weighted by Crippen LogP contribution is 2.34. The van der Waals surface area contributed by atoms with Gasteiger partial charge in [-0.2, -0.15) is 10.4 Å². The maximum atomic E-state index is 12.4. The van der Waals surface area contributed by atoms with Crippen molar-refractivity contribution in [1.29, 1.82) is 5.26 Å². The number of carbonyl (C=O) groups excluding carboxylic acids is 1. The lowest BCUT2D eigenvalue weighted by atomic mass is 9.90. The van der Waals surface area contributed by atoms with Crippen LogP contribution in [0.2, 0.25) is 0 Å².